The summed E-state index contributed by atoms with van der Waals surface area (Å²) in [4.78, 5) is 11.8. The summed E-state index contributed by atoms with van der Waals surface area (Å²) in [7, 11) is 0. The van der Waals surface area contributed by atoms with E-state index in [1.165, 1.54) is 0 Å². The van der Waals surface area contributed by atoms with Gasteiger partial charge in [-0.3, -0.25) is 4.79 Å². The third kappa shape index (κ3) is 3.29. The summed E-state index contributed by atoms with van der Waals surface area (Å²) < 4.78 is 1.83. The van der Waals surface area contributed by atoms with Crippen molar-refractivity contribution < 1.29 is 4.79 Å². The van der Waals surface area contributed by atoms with Crippen LogP contribution < -0.4 is 10.6 Å². The third-order valence-electron chi connectivity index (χ3n) is 3.24. The van der Waals surface area contributed by atoms with Crippen molar-refractivity contribution in [3.05, 3.63) is 11.9 Å². The quantitative estimate of drug-likeness (QED) is 0.757. The Morgan fingerprint density at radius 2 is 2.33 bits per heavy atom. The molecule has 0 saturated carbocycles. The molecular formula is C12H21N5O. The first-order valence-corrected chi connectivity index (χ1v) is 6.72. The fourth-order valence-corrected chi connectivity index (χ4v) is 2.10. The Hall–Kier alpha value is -1.43. The summed E-state index contributed by atoms with van der Waals surface area (Å²) in [6, 6.07) is 0.371. The number of unbranched alkanes of at least 4 members (excludes halogenated alkanes) is 1. The Morgan fingerprint density at radius 3 is 3.06 bits per heavy atom. The van der Waals surface area contributed by atoms with Gasteiger partial charge in [0, 0.05) is 6.54 Å². The van der Waals surface area contributed by atoms with Crippen LogP contribution in [0.1, 0.15) is 49.1 Å². The van der Waals surface area contributed by atoms with E-state index in [1.807, 2.05) is 4.68 Å². The van der Waals surface area contributed by atoms with Crippen molar-refractivity contribution in [3.63, 3.8) is 0 Å². The smallest absolute Gasteiger partial charge is 0.273 e. The Morgan fingerprint density at radius 1 is 1.56 bits per heavy atom. The zero-order valence-electron chi connectivity index (χ0n) is 10.9. The topological polar surface area (TPSA) is 71.8 Å². The number of piperidine rings is 1. The second-order valence-electron chi connectivity index (χ2n) is 4.67. The Kier molecular flexibility index (Phi) is 4.69. The van der Waals surface area contributed by atoms with Gasteiger partial charge in [0.05, 0.1) is 12.2 Å². The first-order chi connectivity index (χ1) is 8.81. The molecule has 1 aliphatic heterocycles. The Bertz CT molecular complexity index is 384. The lowest BCUT2D eigenvalue weighted by molar-refractivity contribution is 0.0948. The number of aromatic nitrogens is 3. The van der Waals surface area contributed by atoms with Gasteiger partial charge in [0.2, 0.25) is 0 Å². The van der Waals surface area contributed by atoms with Crippen molar-refractivity contribution >= 4 is 5.91 Å². The molecule has 1 saturated heterocycles. The molecule has 1 amide bonds. The predicted molar refractivity (Wildman–Crippen MR) is 68.4 cm³/mol. The SMILES string of the molecule is CCCCNC(=O)c1cn(C2CCNCC2)nn1. The molecule has 1 fully saturated rings. The number of amides is 1. The molecule has 2 rings (SSSR count). The zero-order chi connectivity index (χ0) is 12.8. The average Bonchev–Trinajstić information content (AvgIpc) is 2.89. The molecule has 0 aliphatic carbocycles. The highest BCUT2D eigenvalue weighted by Gasteiger charge is 2.18. The summed E-state index contributed by atoms with van der Waals surface area (Å²) in [6.45, 7) is 4.81. The van der Waals surface area contributed by atoms with E-state index in [-0.39, 0.29) is 5.91 Å². The van der Waals surface area contributed by atoms with Gasteiger partial charge in [-0.1, -0.05) is 18.6 Å². The Labute approximate surface area is 107 Å². The molecule has 1 aliphatic rings. The first-order valence-electron chi connectivity index (χ1n) is 6.72. The van der Waals surface area contributed by atoms with Gasteiger partial charge in [0.25, 0.3) is 5.91 Å². The minimum Gasteiger partial charge on any atom is -0.351 e. The number of rotatable bonds is 5. The van der Waals surface area contributed by atoms with Crippen LogP contribution in [0, 0.1) is 0 Å². The van der Waals surface area contributed by atoms with Crippen LogP contribution in [0.5, 0.6) is 0 Å². The second kappa shape index (κ2) is 6.49. The van der Waals surface area contributed by atoms with Crippen molar-refractivity contribution in [2.75, 3.05) is 19.6 Å². The van der Waals surface area contributed by atoms with Crippen LogP contribution in [0.3, 0.4) is 0 Å². The van der Waals surface area contributed by atoms with Crippen LogP contribution >= 0.6 is 0 Å². The molecule has 2 heterocycles. The summed E-state index contributed by atoms with van der Waals surface area (Å²) in [5, 5.41) is 14.2. The molecule has 18 heavy (non-hydrogen) atoms. The molecule has 1 aromatic heterocycles. The van der Waals surface area contributed by atoms with Crippen LogP contribution in [-0.4, -0.2) is 40.5 Å². The van der Waals surface area contributed by atoms with E-state index in [2.05, 4.69) is 27.9 Å². The average molecular weight is 251 g/mol. The molecule has 0 unspecified atom stereocenters. The van der Waals surface area contributed by atoms with Crippen molar-refractivity contribution in [1.82, 2.24) is 25.6 Å². The molecule has 6 nitrogen and oxygen atoms in total. The van der Waals surface area contributed by atoms with E-state index in [0.29, 0.717) is 18.3 Å². The van der Waals surface area contributed by atoms with Crippen LogP contribution in [0.4, 0.5) is 0 Å². The summed E-state index contributed by atoms with van der Waals surface area (Å²) in [6.07, 6.45) is 5.91. The second-order valence-corrected chi connectivity index (χ2v) is 4.67. The molecule has 0 radical (unpaired) electrons. The van der Waals surface area contributed by atoms with Crippen LogP contribution in [0.25, 0.3) is 0 Å². The maximum Gasteiger partial charge on any atom is 0.273 e. The van der Waals surface area contributed by atoms with Gasteiger partial charge in [-0.25, -0.2) is 4.68 Å². The fourth-order valence-electron chi connectivity index (χ4n) is 2.10. The van der Waals surface area contributed by atoms with E-state index >= 15 is 0 Å². The van der Waals surface area contributed by atoms with Crippen LogP contribution in [0.15, 0.2) is 6.20 Å². The van der Waals surface area contributed by atoms with Crippen molar-refractivity contribution in [2.24, 2.45) is 0 Å². The predicted octanol–water partition coefficient (Wildman–Crippen LogP) is 0.732. The monoisotopic (exact) mass is 251 g/mol. The van der Waals surface area contributed by atoms with Crippen molar-refractivity contribution in [2.45, 2.75) is 38.6 Å². The first kappa shape index (κ1) is 13.0. The van der Waals surface area contributed by atoms with E-state index in [4.69, 9.17) is 0 Å². The molecule has 0 aromatic carbocycles. The highest BCUT2D eigenvalue weighted by molar-refractivity contribution is 5.91. The Balaban J connectivity index is 1.90. The molecule has 0 bridgehead atoms. The number of nitrogens with zero attached hydrogens (tertiary/aromatic N) is 3. The van der Waals surface area contributed by atoms with Gasteiger partial charge in [0.1, 0.15) is 0 Å². The summed E-state index contributed by atoms with van der Waals surface area (Å²) in [5.74, 6) is -0.122. The van der Waals surface area contributed by atoms with Gasteiger partial charge >= 0.3 is 0 Å². The highest BCUT2D eigenvalue weighted by atomic mass is 16.2. The fraction of sp³-hybridized carbons (Fsp3) is 0.750. The largest absolute Gasteiger partial charge is 0.351 e. The number of hydrogen-bond acceptors (Lipinski definition) is 4. The van der Waals surface area contributed by atoms with Gasteiger partial charge in [-0.15, -0.1) is 5.10 Å². The molecule has 6 heteroatoms. The molecule has 0 atom stereocenters. The van der Waals surface area contributed by atoms with Gasteiger partial charge in [-0.05, 0) is 32.4 Å². The lowest BCUT2D eigenvalue weighted by atomic mass is 10.1. The number of carbonyl (C=O) groups excluding carboxylic acids is 1. The number of hydrogen-bond donors (Lipinski definition) is 2. The van der Waals surface area contributed by atoms with E-state index in [0.717, 1.165) is 38.8 Å². The molecule has 2 N–H and O–H groups in total. The van der Waals surface area contributed by atoms with Gasteiger partial charge < -0.3 is 10.6 Å². The van der Waals surface area contributed by atoms with Gasteiger partial charge in [0.15, 0.2) is 5.69 Å². The molecule has 0 spiro atoms. The van der Waals surface area contributed by atoms with Crippen molar-refractivity contribution in [3.8, 4) is 0 Å². The lowest BCUT2D eigenvalue weighted by Crippen LogP contribution is -2.29. The minimum atomic E-state index is -0.122. The zero-order valence-corrected chi connectivity index (χ0v) is 10.9. The molecule has 100 valence electrons. The minimum absolute atomic E-state index is 0.122. The number of carbonyl (C=O) groups is 1. The van der Waals surface area contributed by atoms with E-state index < -0.39 is 0 Å². The van der Waals surface area contributed by atoms with Gasteiger partial charge in [-0.2, -0.15) is 0 Å². The standard InChI is InChI=1S/C12H21N5O/c1-2-3-6-14-12(18)11-9-17(16-15-11)10-4-7-13-8-5-10/h9-10,13H,2-8H2,1H3,(H,14,18). The summed E-state index contributed by atoms with van der Waals surface area (Å²) >= 11 is 0. The number of nitrogens with one attached hydrogen (secondary N) is 2. The highest BCUT2D eigenvalue weighted by Crippen LogP contribution is 2.16. The van der Waals surface area contributed by atoms with E-state index in [1.54, 1.807) is 6.20 Å². The normalized spacial score (nSPS) is 16.7. The van der Waals surface area contributed by atoms with Crippen LogP contribution in [-0.2, 0) is 0 Å². The third-order valence-corrected chi connectivity index (χ3v) is 3.24. The van der Waals surface area contributed by atoms with Crippen LogP contribution in [0.2, 0.25) is 0 Å². The lowest BCUT2D eigenvalue weighted by Gasteiger charge is -2.22. The molecular weight excluding hydrogens is 230 g/mol. The maximum absolute atomic E-state index is 11.8. The maximum atomic E-state index is 11.8. The van der Waals surface area contributed by atoms with Crippen molar-refractivity contribution in [1.29, 1.82) is 0 Å². The van der Waals surface area contributed by atoms with E-state index in [9.17, 15) is 4.79 Å². The summed E-state index contributed by atoms with van der Waals surface area (Å²) in [5.41, 5.74) is 0.421. The molecule has 1 aromatic rings.